The smallest absolute Gasteiger partial charge is 0.349 e. The van der Waals surface area contributed by atoms with Gasteiger partial charge < -0.3 is 9.64 Å². The summed E-state index contributed by atoms with van der Waals surface area (Å²) >= 11 is 0. The minimum Gasteiger partial charge on any atom is -0.494 e. The van der Waals surface area contributed by atoms with Crippen LogP contribution in [0.15, 0.2) is 35.1 Å². The van der Waals surface area contributed by atoms with E-state index < -0.39 is 0 Å². The largest absolute Gasteiger partial charge is 0.494 e. The molecule has 2 aromatic heterocycles. The first kappa shape index (κ1) is 27.5. The maximum absolute atomic E-state index is 15.2. The highest BCUT2D eigenvalue weighted by atomic mass is 19.1. The van der Waals surface area contributed by atoms with E-state index >= 15 is 4.39 Å². The number of halogens is 1. The molecule has 1 aliphatic heterocycles. The van der Waals surface area contributed by atoms with Crippen molar-refractivity contribution in [3.63, 3.8) is 0 Å². The number of pyridine rings is 1. The van der Waals surface area contributed by atoms with E-state index in [2.05, 4.69) is 53.5 Å². The van der Waals surface area contributed by atoms with E-state index in [0.717, 1.165) is 12.8 Å². The van der Waals surface area contributed by atoms with Gasteiger partial charge in [-0.05, 0) is 44.4 Å². The zero-order valence-corrected chi connectivity index (χ0v) is 23.1. The minimum atomic E-state index is -0.359. The normalized spacial score (nSPS) is 19.8. The third-order valence-corrected chi connectivity index (χ3v) is 8.00. The highest BCUT2D eigenvalue weighted by molar-refractivity contribution is 5.86. The summed E-state index contributed by atoms with van der Waals surface area (Å²) in [5.41, 5.74) is 1.75. The third-order valence-electron chi connectivity index (χ3n) is 8.00. The van der Waals surface area contributed by atoms with E-state index in [1.807, 2.05) is 19.1 Å². The number of nitriles is 1. The third kappa shape index (κ3) is 5.10. The van der Waals surface area contributed by atoms with Crippen molar-refractivity contribution in [3.05, 3.63) is 57.9 Å². The molecule has 3 heterocycles. The van der Waals surface area contributed by atoms with Crippen LogP contribution in [-0.2, 0) is 7.05 Å². The summed E-state index contributed by atoms with van der Waals surface area (Å²) in [6.07, 6.45) is 1.77. The summed E-state index contributed by atoms with van der Waals surface area (Å²) in [6, 6.07) is 10.6. The van der Waals surface area contributed by atoms with Gasteiger partial charge in [0.05, 0.1) is 12.1 Å². The molecule has 0 bridgehead atoms. The Morgan fingerprint density at radius 3 is 2.55 bits per heavy atom. The quantitative estimate of drug-likeness (QED) is 0.421. The van der Waals surface area contributed by atoms with Gasteiger partial charge in [0.15, 0.2) is 5.82 Å². The lowest BCUT2D eigenvalue weighted by molar-refractivity contribution is 0.0862. The number of fused-ring (bicyclic) bond motifs is 1. The highest BCUT2D eigenvalue weighted by Gasteiger charge is 2.39. The molecule has 0 N–H and O–H groups in total. The minimum absolute atomic E-state index is 0.0198. The van der Waals surface area contributed by atoms with Gasteiger partial charge in [-0.25, -0.2) is 14.2 Å². The highest BCUT2D eigenvalue weighted by Crippen LogP contribution is 2.36. The fraction of sp³-hybridized carbons (Fsp3) is 0.517. The molecule has 1 fully saturated rings. The Morgan fingerprint density at radius 2 is 1.92 bits per heavy atom. The summed E-state index contributed by atoms with van der Waals surface area (Å²) in [5.74, 6) is 1.05. The molecule has 0 saturated carbocycles. The van der Waals surface area contributed by atoms with Crippen molar-refractivity contribution in [1.82, 2.24) is 19.4 Å². The standard InChI is InChI=1S/C29H37FN6O2/c1-7-18(4)26-17-35(19(5)23-12-11-22(38-9-3)14-24(23)30)21(8-2)16-36(26)28-27-25(34(6)29(37)33-28)13-10-20(15-31)32-27/h10-14,18-19,21,26H,7-9,16-17H2,1-6H3/t18?,19?,21-,26?/m1/s1. The Kier molecular flexibility index (Phi) is 8.32. The molecule has 4 atom stereocenters. The van der Waals surface area contributed by atoms with Gasteiger partial charge in [0.1, 0.15) is 28.8 Å². The average molecular weight is 521 g/mol. The lowest BCUT2D eigenvalue weighted by Crippen LogP contribution is -2.61. The second-order valence-electron chi connectivity index (χ2n) is 10.1. The summed E-state index contributed by atoms with van der Waals surface area (Å²) in [6.45, 7) is 12.2. The Hall–Kier alpha value is -3.51. The van der Waals surface area contributed by atoms with E-state index in [1.165, 1.54) is 10.6 Å². The summed E-state index contributed by atoms with van der Waals surface area (Å²) in [7, 11) is 1.67. The van der Waals surface area contributed by atoms with Crippen molar-refractivity contribution >= 4 is 16.9 Å². The Morgan fingerprint density at radius 1 is 1.16 bits per heavy atom. The first-order valence-electron chi connectivity index (χ1n) is 13.5. The van der Waals surface area contributed by atoms with Crippen LogP contribution in [0.4, 0.5) is 10.2 Å². The second kappa shape index (κ2) is 11.5. The van der Waals surface area contributed by atoms with Gasteiger partial charge in [0.2, 0.25) is 0 Å². The molecular weight excluding hydrogens is 483 g/mol. The molecular formula is C29H37FN6O2. The van der Waals surface area contributed by atoms with Gasteiger partial charge >= 0.3 is 5.69 Å². The number of rotatable bonds is 8. The predicted molar refractivity (Wildman–Crippen MR) is 147 cm³/mol. The molecule has 8 nitrogen and oxygen atoms in total. The molecule has 4 rings (SSSR count). The molecule has 0 amide bonds. The summed E-state index contributed by atoms with van der Waals surface area (Å²) in [4.78, 5) is 26.5. The molecule has 1 aliphatic rings. The number of aryl methyl sites for hydroxylation is 1. The molecule has 3 unspecified atom stereocenters. The molecule has 0 spiro atoms. The predicted octanol–water partition coefficient (Wildman–Crippen LogP) is 4.81. The van der Waals surface area contributed by atoms with Gasteiger partial charge in [0, 0.05) is 49.9 Å². The second-order valence-corrected chi connectivity index (χ2v) is 10.1. The molecule has 0 radical (unpaired) electrons. The zero-order chi connectivity index (χ0) is 27.6. The number of ether oxygens (including phenoxy) is 1. The number of anilines is 1. The SMILES string of the molecule is CCOc1ccc(C(C)N2CC(C(C)CC)N(c3nc(=O)n(C)c4ccc(C#N)nc34)C[C@H]2CC)c(F)c1. The van der Waals surface area contributed by atoms with Crippen LogP contribution in [0.1, 0.15) is 64.8 Å². The molecule has 38 heavy (non-hydrogen) atoms. The average Bonchev–Trinajstić information content (AvgIpc) is 2.93. The number of benzene rings is 1. The van der Waals surface area contributed by atoms with Crippen molar-refractivity contribution in [2.75, 3.05) is 24.6 Å². The van der Waals surface area contributed by atoms with Crippen molar-refractivity contribution < 1.29 is 9.13 Å². The van der Waals surface area contributed by atoms with Crippen LogP contribution in [0.5, 0.6) is 5.75 Å². The van der Waals surface area contributed by atoms with Crippen molar-refractivity contribution in [2.45, 2.75) is 65.6 Å². The van der Waals surface area contributed by atoms with Gasteiger partial charge in [-0.3, -0.25) is 9.47 Å². The molecule has 1 saturated heterocycles. The molecule has 9 heteroatoms. The monoisotopic (exact) mass is 520 g/mol. The number of nitrogens with zero attached hydrogens (tertiary/aromatic N) is 6. The molecule has 3 aromatic rings. The van der Waals surface area contributed by atoms with E-state index in [0.29, 0.717) is 47.9 Å². The van der Waals surface area contributed by atoms with Crippen LogP contribution < -0.4 is 15.3 Å². The molecule has 1 aromatic carbocycles. The van der Waals surface area contributed by atoms with E-state index in [-0.39, 0.29) is 41.2 Å². The summed E-state index contributed by atoms with van der Waals surface area (Å²) < 4.78 is 22.2. The van der Waals surface area contributed by atoms with Crippen LogP contribution >= 0.6 is 0 Å². The summed E-state index contributed by atoms with van der Waals surface area (Å²) in [5, 5.41) is 9.49. The van der Waals surface area contributed by atoms with Gasteiger partial charge in [0.25, 0.3) is 0 Å². The maximum atomic E-state index is 15.2. The lowest BCUT2D eigenvalue weighted by Gasteiger charge is -2.51. The topological polar surface area (TPSA) is 87.3 Å². The zero-order valence-electron chi connectivity index (χ0n) is 23.1. The Labute approximate surface area is 223 Å². The first-order valence-corrected chi connectivity index (χ1v) is 13.5. The van der Waals surface area contributed by atoms with Gasteiger partial charge in [-0.15, -0.1) is 0 Å². The van der Waals surface area contributed by atoms with E-state index in [4.69, 9.17) is 4.74 Å². The van der Waals surface area contributed by atoms with Gasteiger partial charge in [-0.1, -0.05) is 33.3 Å². The Balaban J connectivity index is 1.78. The fourth-order valence-electron chi connectivity index (χ4n) is 5.52. The fourth-order valence-corrected chi connectivity index (χ4v) is 5.52. The van der Waals surface area contributed by atoms with Crippen LogP contribution in [0, 0.1) is 23.1 Å². The molecule has 0 aliphatic carbocycles. The number of hydrogen-bond donors (Lipinski definition) is 0. The number of piperazine rings is 1. The van der Waals surface area contributed by atoms with Crippen LogP contribution in [0.2, 0.25) is 0 Å². The van der Waals surface area contributed by atoms with Crippen molar-refractivity contribution in [3.8, 4) is 11.8 Å². The number of aromatic nitrogens is 3. The van der Waals surface area contributed by atoms with E-state index in [9.17, 15) is 10.1 Å². The Bertz CT molecular complexity index is 1400. The number of hydrogen-bond acceptors (Lipinski definition) is 7. The van der Waals surface area contributed by atoms with Crippen LogP contribution in [-0.4, -0.2) is 51.2 Å². The van der Waals surface area contributed by atoms with Crippen LogP contribution in [0.3, 0.4) is 0 Å². The van der Waals surface area contributed by atoms with E-state index in [1.54, 1.807) is 19.2 Å². The first-order chi connectivity index (χ1) is 18.2. The molecule has 202 valence electrons. The van der Waals surface area contributed by atoms with Crippen molar-refractivity contribution in [2.24, 2.45) is 13.0 Å². The van der Waals surface area contributed by atoms with Gasteiger partial charge in [-0.2, -0.15) is 10.2 Å². The van der Waals surface area contributed by atoms with Crippen molar-refractivity contribution in [1.29, 1.82) is 5.26 Å². The maximum Gasteiger partial charge on any atom is 0.349 e. The van der Waals surface area contributed by atoms with Crippen LogP contribution in [0.25, 0.3) is 11.0 Å². The lowest BCUT2D eigenvalue weighted by atomic mass is 9.90.